The maximum Gasteiger partial charge on any atom is 0.415 e. The molecule has 0 saturated heterocycles. The number of carbonyl (C=O) groups excluding carboxylic acids is 1. The first-order chi connectivity index (χ1) is 17.5. The Kier molecular flexibility index (Phi) is 13.6. The highest BCUT2D eigenvalue weighted by molar-refractivity contribution is 7.99. The van der Waals surface area contributed by atoms with Gasteiger partial charge in [0, 0.05) is 31.4 Å². The van der Waals surface area contributed by atoms with Gasteiger partial charge in [-0.05, 0) is 48.9 Å². The van der Waals surface area contributed by atoms with Gasteiger partial charge in [-0.3, -0.25) is 0 Å². The predicted octanol–water partition coefficient (Wildman–Crippen LogP) is 5.14. The van der Waals surface area contributed by atoms with Crippen molar-refractivity contribution in [1.82, 2.24) is 4.90 Å². The van der Waals surface area contributed by atoms with E-state index in [-0.39, 0.29) is 6.42 Å². The van der Waals surface area contributed by atoms with Gasteiger partial charge in [-0.15, -0.1) is 0 Å². The molecule has 1 amide bonds. The first-order valence-electron chi connectivity index (χ1n) is 12.2. The molecule has 0 heterocycles. The van der Waals surface area contributed by atoms with E-state index in [1.807, 2.05) is 23.9 Å². The van der Waals surface area contributed by atoms with Crippen LogP contribution in [0.4, 0.5) is 4.79 Å². The van der Waals surface area contributed by atoms with Gasteiger partial charge in [0.25, 0.3) is 0 Å². The van der Waals surface area contributed by atoms with Gasteiger partial charge in [0.1, 0.15) is 23.9 Å². The molecule has 0 aliphatic rings. The number of benzene rings is 2. The van der Waals surface area contributed by atoms with Crippen LogP contribution in [0.15, 0.2) is 48.5 Å². The molecule has 8 nitrogen and oxygen atoms in total. The Balaban J connectivity index is 1.92. The summed E-state index contributed by atoms with van der Waals surface area (Å²) in [5.74, 6) is 2.57. The molecule has 1 atom stereocenters. The Morgan fingerprint density at radius 2 is 1.75 bits per heavy atom. The number of rotatable bonds is 17. The van der Waals surface area contributed by atoms with E-state index < -0.39 is 18.2 Å². The third-order valence-corrected chi connectivity index (χ3v) is 6.32. The minimum atomic E-state index is -0.981. The van der Waals surface area contributed by atoms with Gasteiger partial charge in [0.2, 0.25) is 0 Å². The van der Waals surface area contributed by atoms with Gasteiger partial charge in [-0.25, -0.2) is 9.59 Å². The number of ether oxygens (including phenoxy) is 4. The van der Waals surface area contributed by atoms with Crippen LogP contribution < -0.4 is 14.2 Å². The maximum atomic E-state index is 12.9. The molecule has 2 rings (SSSR count). The first kappa shape index (κ1) is 29.3. The van der Waals surface area contributed by atoms with Crippen molar-refractivity contribution >= 4 is 23.8 Å². The molecule has 2 aromatic carbocycles. The molecule has 0 saturated carbocycles. The summed E-state index contributed by atoms with van der Waals surface area (Å²) < 4.78 is 21.9. The van der Waals surface area contributed by atoms with Gasteiger partial charge in [0.15, 0.2) is 6.10 Å². The third kappa shape index (κ3) is 10.8. The molecule has 2 aromatic rings. The Hall–Kier alpha value is -2.91. The van der Waals surface area contributed by atoms with Gasteiger partial charge in [-0.1, -0.05) is 31.5 Å². The van der Waals surface area contributed by atoms with E-state index in [2.05, 4.69) is 6.92 Å². The minimum Gasteiger partial charge on any atom is -0.497 e. The van der Waals surface area contributed by atoms with Gasteiger partial charge in [-0.2, -0.15) is 11.8 Å². The van der Waals surface area contributed by atoms with Crippen molar-refractivity contribution in [3.8, 4) is 17.2 Å². The summed E-state index contributed by atoms with van der Waals surface area (Å²) in [6.45, 7) is 5.48. The van der Waals surface area contributed by atoms with Gasteiger partial charge < -0.3 is 29.0 Å². The fraction of sp³-hybridized carbons (Fsp3) is 0.481. The van der Waals surface area contributed by atoms with E-state index in [9.17, 15) is 14.7 Å². The number of carboxylic acids is 1. The number of nitrogens with zero attached hydrogens (tertiary/aromatic N) is 1. The van der Waals surface area contributed by atoms with E-state index in [1.54, 1.807) is 55.3 Å². The van der Waals surface area contributed by atoms with Crippen LogP contribution in [0.2, 0.25) is 0 Å². The molecule has 9 heteroatoms. The highest BCUT2D eigenvalue weighted by atomic mass is 32.2. The second-order valence-corrected chi connectivity index (χ2v) is 9.20. The average molecular weight is 520 g/mol. The van der Waals surface area contributed by atoms with Crippen molar-refractivity contribution in [2.75, 3.05) is 44.9 Å². The summed E-state index contributed by atoms with van der Waals surface area (Å²) in [7, 11) is 1.56. The van der Waals surface area contributed by atoms with E-state index in [1.165, 1.54) is 0 Å². The lowest BCUT2D eigenvalue weighted by atomic mass is 10.1. The van der Waals surface area contributed by atoms with Crippen LogP contribution in [0.1, 0.15) is 32.3 Å². The van der Waals surface area contributed by atoms with E-state index >= 15 is 0 Å². The molecule has 0 radical (unpaired) electrons. The Morgan fingerprint density at radius 1 is 1.00 bits per heavy atom. The Labute approximate surface area is 217 Å². The first-order valence-corrected chi connectivity index (χ1v) is 13.4. The summed E-state index contributed by atoms with van der Waals surface area (Å²) in [5, 5.41) is 9.26. The van der Waals surface area contributed by atoms with Crippen LogP contribution in [-0.2, 0) is 16.0 Å². The number of carbonyl (C=O) groups is 2. The Morgan fingerprint density at radius 3 is 2.42 bits per heavy atom. The van der Waals surface area contributed by atoms with Crippen molar-refractivity contribution in [3.05, 3.63) is 54.1 Å². The molecule has 1 unspecified atom stereocenters. The third-order valence-electron chi connectivity index (χ3n) is 5.27. The van der Waals surface area contributed by atoms with Crippen LogP contribution in [0.5, 0.6) is 17.2 Å². The number of thioether (sulfide) groups is 1. The van der Waals surface area contributed by atoms with E-state index in [0.29, 0.717) is 43.6 Å². The van der Waals surface area contributed by atoms with Crippen LogP contribution in [-0.4, -0.2) is 73.1 Å². The Bertz CT molecular complexity index is 923. The van der Waals surface area contributed by atoms with Crippen LogP contribution in [0.3, 0.4) is 0 Å². The number of methoxy groups -OCH3 is 1. The summed E-state index contributed by atoms with van der Waals surface area (Å²) in [6.07, 6.45) is 1.26. The maximum absolute atomic E-state index is 12.9. The number of carboxylic acid groups (broad SMARTS) is 1. The number of unbranched alkanes of at least 4 members (excludes halogenated alkanes) is 1. The highest BCUT2D eigenvalue weighted by Gasteiger charge is 2.18. The lowest BCUT2D eigenvalue weighted by molar-refractivity contribution is -0.149. The van der Waals surface area contributed by atoms with Crippen LogP contribution >= 0.6 is 11.8 Å². The molecule has 0 aliphatic heterocycles. The summed E-state index contributed by atoms with van der Waals surface area (Å²) in [6, 6.07) is 14.2. The minimum absolute atomic E-state index is 0.281. The van der Waals surface area contributed by atoms with Gasteiger partial charge in [0.05, 0.1) is 13.7 Å². The molecule has 0 fully saturated rings. The molecule has 36 heavy (non-hydrogen) atoms. The van der Waals surface area contributed by atoms with Crippen molar-refractivity contribution in [2.24, 2.45) is 0 Å². The normalized spacial score (nSPS) is 11.5. The molecule has 0 spiro atoms. The lowest BCUT2D eigenvalue weighted by Gasteiger charge is -2.22. The monoisotopic (exact) mass is 519 g/mol. The second-order valence-electron chi connectivity index (χ2n) is 7.98. The SMILES string of the molecule is CCCCSCCN(CCOc1ccc(CC(OCC)C(=O)O)cc1)C(=O)Oc1cccc(OC)c1. The van der Waals surface area contributed by atoms with Crippen molar-refractivity contribution < 1.29 is 33.6 Å². The number of hydrogen-bond donors (Lipinski definition) is 1. The number of aliphatic carboxylic acids is 1. The average Bonchev–Trinajstić information content (AvgIpc) is 2.88. The zero-order chi connectivity index (χ0) is 26.2. The topological polar surface area (TPSA) is 94.5 Å². The fourth-order valence-corrected chi connectivity index (χ4v) is 4.32. The van der Waals surface area contributed by atoms with Crippen LogP contribution in [0, 0.1) is 0 Å². The smallest absolute Gasteiger partial charge is 0.415 e. The second kappa shape index (κ2) is 16.7. The van der Waals surface area contributed by atoms with Crippen molar-refractivity contribution in [1.29, 1.82) is 0 Å². The number of hydrogen-bond acceptors (Lipinski definition) is 7. The molecular weight excluding hydrogens is 482 g/mol. The molecular formula is C27H37NO7S. The summed E-state index contributed by atoms with van der Waals surface area (Å²) in [4.78, 5) is 25.8. The van der Waals surface area contributed by atoms with Crippen molar-refractivity contribution in [2.45, 2.75) is 39.2 Å². The zero-order valence-electron chi connectivity index (χ0n) is 21.3. The zero-order valence-corrected chi connectivity index (χ0v) is 22.1. The predicted molar refractivity (Wildman–Crippen MR) is 142 cm³/mol. The number of amides is 1. The lowest BCUT2D eigenvalue weighted by Crippen LogP contribution is -2.38. The fourth-order valence-electron chi connectivity index (χ4n) is 3.28. The quantitative estimate of drug-likeness (QED) is 0.287. The molecule has 198 valence electrons. The standard InChI is InChI=1S/C27H37NO7S/c1-4-6-17-36-18-15-28(27(31)35-24-9-7-8-23(20-24)32-3)14-16-34-22-12-10-21(11-13-22)19-25(26(29)30)33-5-2/h7-13,20,25H,4-6,14-19H2,1-3H3,(H,29,30). The largest absolute Gasteiger partial charge is 0.497 e. The van der Waals surface area contributed by atoms with E-state index in [4.69, 9.17) is 18.9 Å². The molecule has 0 bridgehead atoms. The summed E-state index contributed by atoms with van der Waals surface area (Å²) >= 11 is 1.82. The summed E-state index contributed by atoms with van der Waals surface area (Å²) in [5.41, 5.74) is 0.843. The molecule has 0 aromatic heterocycles. The molecule has 1 N–H and O–H groups in total. The van der Waals surface area contributed by atoms with E-state index in [0.717, 1.165) is 29.9 Å². The molecule has 0 aliphatic carbocycles. The van der Waals surface area contributed by atoms with Crippen LogP contribution in [0.25, 0.3) is 0 Å². The highest BCUT2D eigenvalue weighted by Crippen LogP contribution is 2.20. The van der Waals surface area contributed by atoms with Gasteiger partial charge >= 0.3 is 12.1 Å². The van der Waals surface area contributed by atoms with Crippen molar-refractivity contribution in [3.63, 3.8) is 0 Å².